The van der Waals surface area contributed by atoms with Crippen molar-refractivity contribution in [2.24, 2.45) is 22.7 Å². The van der Waals surface area contributed by atoms with Gasteiger partial charge in [0.05, 0.1) is 17.3 Å². The highest BCUT2D eigenvalue weighted by molar-refractivity contribution is 7.89. The van der Waals surface area contributed by atoms with Gasteiger partial charge in [-0.25, -0.2) is 13.2 Å². The van der Waals surface area contributed by atoms with Gasteiger partial charge in [-0.3, -0.25) is 19.2 Å². The van der Waals surface area contributed by atoms with Crippen LogP contribution in [0.25, 0.3) is 0 Å². The van der Waals surface area contributed by atoms with E-state index in [1.54, 1.807) is 9.21 Å². The second-order valence-corrected chi connectivity index (χ2v) is 21.1. The molecule has 6 fully saturated rings. The number of nitrogens with one attached hydrogen (secondary N) is 4. The Balaban J connectivity index is 1.23. The predicted octanol–water partition coefficient (Wildman–Crippen LogP) is 4.54. The number of Topliss-reactive ketones (excluding diaryl/α,β-unsaturated/α-hetero) is 1. The second kappa shape index (κ2) is 16.3. The van der Waals surface area contributed by atoms with Gasteiger partial charge in [0.2, 0.25) is 27.6 Å². The molecule has 0 bridgehead atoms. The first kappa shape index (κ1) is 41.9. The molecule has 310 valence electrons. The van der Waals surface area contributed by atoms with Crippen molar-refractivity contribution >= 4 is 39.6 Å². The lowest BCUT2D eigenvalue weighted by atomic mass is 9.70. The average molecular weight is 789 g/mol. The van der Waals surface area contributed by atoms with E-state index >= 15 is 4.79 Å². The third-order valence-corrected chi connectivity index (χ3v) is 16.3. The van der Waals surface area contributed by atoms with E-state index in [-0.39, 0.29) is 47.0 Å². The fraction of sp³-hybridized carbons (Fsp3) is 0.878. The maximum absolute atomic E-state index is 15.0. The number of carbonyl (C=O) groups is 5. The van der Waals surface area contributed by atoms with E-state index < -0.39 is 62.7 Å². The number of urea groups is 1. The number of piperidine rings is 1. The number of likely N-dealkylation sites (tertiary alicyclic amines) is 1. The van der Waals surface area contributed by atoms with E-state index in [9.17, 15) is 27.6 Å². The zero-order chi connectivity index (χ0) is 39.9. The Morgan fingerprint density at radius 2 is 1.47 bits per heavy atom. The number of amides is 5. The molecule has 0 aromatic rings. The Bertz CT molecular complexity index is 1580. The molecule has 1 heterocycles. The van der Waals surface area contributed by atoms with Gasteiger partial charge in [-0.1, -0.05) is 79.1 Å². The summed E-state index contributed by atoms with van der Waals surface area (Å²) in [4.78, 5) is 71.5. The summed E-state index contributed by atoms with van der Waals surface area (Å²) in [6, 6.07) is -3.50. The SMILES string of the molecule is CCCC[C@H](NC(=O)[C@@H]1[C@@H]2[C@H](CN1C(=O)[C@@H](NC(=O)NC1(CS(=O)(=O)N(C(C)C)C3CC3)CCCCC1)C1(C)CCCCC1)C2(C)C)C(=O)C(=O)NC1CC1. The third kappa shape index (κ3) is 9.20. The summed E-state index contributed by atoms with van der Waals surface area (Å²) in [5.74, 6) is -2.32. The number of sulfonamides is 1. The van der Waals surface area contributed by atoms with E-state index in [1.165, 1.54) is 0 Å². The molecule has 14 heteroatoms. The summed E-state index contributed by atoms with van der Waals surface area (Å²) >= 11 is 0. The first-order chi connectivity index (χ1) is 25.9. The summed E-state index contributed by atoms with van der Waals surface area (Å²) in [6.45, 7) is 12.4. The molecule has 5 saturated carbocycles. The van der Waals surface area contributed by atoms with Crippen LogP contribution in [-0.4, -0.2) is 101 Å². The van der Waals surface area contributed by atoms with Gasteiger partial charge in [0.1, 0.15) is 12.1 Å². The number of carbonyl (C=O) groups excluding carboxylic acids is 5. The lowest BCUT2D eigenvalue weighted by Gasteiger charge is -2.44. The molecule has 5 aliphatic carbocycles. The average Bonchev–Trinajstić information content (AvgIpc) is 4.08. The van der Waals surface area contributed by atoms with Crippen LogP contribution in [0, 0.1) is 22.7 Å². The van der Waals surface area contributed by atoms with Crippen molar-refractivity contribution in [1.82, 2.24) is 30.5 Å². The summed E-state index contributed by atoms with van der Waals surface area (Å²) in [5, 5.41) is 11.9. The molecule has 0 aromatic heterocycles. The maximum Gasteiger partial charge on any atom is 0.315 e. The van der Waals surface area contributed by atoms with Crippen molar-refractivity contribution in [2.75, 3.05) is 12.3 Å². The second-order valence-electron chi connectivity index (χ2n) is 19.2. The summed E-state index contributed by atoms with van der Waals surface area (Å²) in [5.41, 5.74) is -1.73. The van der Waals surface area contributed by atoms with Crippen molar-refractivity contribution in [3.8, 4) is 0 Å². The number of unbranched alkanes of at least 4 members (excludes halogenated alkanes) is 1. The van der Waals surface area contributed by atoms with Crippen molar-refractivity contribution in [3.63, 3.8) is 0 Å². The maximum atomic E-state index is 15.0. The number of hydrogen-bond donors (Lipinski definition) is 4. The summed E-state index contributed by atoms with van der Waals surface area (Å²) < 4.78 is 29.6. The van der Waals surface area contributed by atoms with Gasteiger partial charge in [0.15, 0.2) is 0 Å². The standard InChI is InChI=1S/C41H68N6O7S/c1-7-8-15-30(33(48)36(50)42-27-16-17-27)43-35(49)32-31-29(39(31,4)5)24-46(32)37(51)34(40(6)20-11-9-12-21-40)44-38(52)45-41(22-13-10-14-23-41)25-55(53,54)47(26(2)3)28-18-19-28/h26-32,34H,7-25H2,1-6H3,(H,42,50)(H,43,49)(H2,44,45,52)/t29-,30-,31-,32-,34+/m0/s1. The van der Waals surface area contributed by atoms with Gasteiger partial charge in [-0.15, -0.1) is 0 Å². The Hall–Kier alpha value is -2.74. The smallest absolute Gasteiger partial charge is 0.315 e. The van der Waals surface area contributed by atoms with Crippen LogP contribution in [0.5, 0.6) is 0 Å². The van der Waals surface area contributed by atoms with E-state index in [1.807, 2.05) is 27.7 Å². The topological polar surface area (TPSA) is 174 Å². The highest BCUT2D eigenvalue weighted by atomic mass is 32.2. The number of ketones is 1. The van der Waals surface area contributed by atoms with Crippen LogP contribution in [0.3, 0.4) is 0 Å². The summed E-state index contributed by atoms with van der Waals surface area (Å²) in [6.07, 6.45) is 13.1. The first-order valence-corrected chi connectivity index (χ1v) is 23.1. The van der Waals surface area contributed by atoms with E-state index in [4.69, 9.17) is 0 Å². The quantitative estimate of drug-likeness (QED) is 0.157. The van der Waals surface area contributed by atoms with Gasteiger partial charge >= 0.3 is 6.03 Å². The molecule has 0 spiro atoms. The zero-order valence-electron chi connectivity index (χ0n) is 34.2. The summed E-state index contributed by atoms with van der Waals surface area (Å²) in [7, 11) is -3.69. The molecule has 13 nitrogen and oxygen atoms in total. The van der Waals surface area contributed by atoms with Crippen LogP contribution in [0.1, 0.15) is 151 Å². The molecule has 1 saturated heterocycles. The van der Waals surface area contributed by atoms with Crippen LogP contribution in [0.2, 0.25) is 0 Å². The molecule has 5 atom stereocenters. The van der Waals surface area contributed by atoms with Gasteiger partial charge in [0.25, 0.3) is 5.91 Å². The van der Waals surface area contributed by atoms with E-state index in [0.29, 0.717) is 32.2 Å². The Labute approximate surface area is 329 Å². The largest absolute Gasteiger partial charge is 0.347 e. The van der Waals surface area contributed by atoms with Crippen molar-refractivity contribution in [1.29, 1.82) is 0 Å². The van der Waals surface area contributed by atoms with E-state index in [2.05, 4.69) is 35.1 Å². The van der Waals surface area contributed by atoms with Crippen molar-refractivity contribution in [3.05, 3.63) is 0 Å². The highest BCUT2D eigenvalue weighted by Crippen LogP contribution is 2.65. The first-order valence-electron chi connectivity index (χ1n) is 21.5. The van der Waals surface area contributed by atoms with Crippen LogP contribution in [0.15, 0.2) is 0 Å². The fourth-order valence-corrected chi connectivity index (χ4v) is 12.9. The zero-order valence-corrected chi connectivity index (χ0v) is 35.0. The minimum atomic E-state index is -3.69. The van der Waals surface area contributed by atoms with E-state index in [0.717, 1.165) is 83.5 Å². The monoisotopic (exact) mass is 788 g/mol. The predicted molar refractivity (Wildman–Crippen MR) is 210 cm³/mol. The normalized spacial score (nSPS) is 27.8. The van der Waals surface area contributed by atoms with Crippen molar-refractivity contribution < 1.29 is 32.4 Å². The van der Waals surface area contributed by atoms with Crippen LogP contribution in [0.4, 0.5) is 4.79 Å². The molecule has 0 unspecified atom stereocenters. The molecular formula is C41H68N6O7S. The molecule has 0 radical (unpaired) electrons. The minimum absolute atomic E-state index is 0.00703. The lowest BCUT2D eigenvalue weighted by Crippen LogP contribution is -2.65. The fourth-order valence-electron chi connectivity index (χ4n) is 10.4. The minimum Gasteiger partial charge on any atom is -0.347 e. The Morgan fingerprint density at radius 1 is 0.855 bits per heavy atom. The molecule has 1 aliphatic heterocycles. The molecule has 4 N–H and O–H groups in total. The van der Waals surface area contributed by atoms with Gasteiger partial charge in [-0.2, -0.15) is 4.31 Å². The molecule has 0 aromatic carbocycles. The number of hydrogen-bond acceptors (Lipinski definition) is 7. The van der Waals surface area contributed by atoms with Crippen LogP contribution in [-0.2, 0) is 29.2 Å². The van der Waals surface area contributed by atoms with Gasteiger partial charge < -0.3 is 26.2 Å². The molecule has 6 rings (SSSR count). The van der Waals surface area contributed by atoms with Crippen LogP contribution < -0.4 is 21.3 Å². The highest BCUT2D eigenvalue weighted by Gasteiger charge is 2.70. The molecule has 5 amide bonds. The van der Waals surface area contributed by atoms with Gasteiger partial charge in [0, 0.05) is 24.7 Å². The number of fused-ring (bicyclic) bond motifs is 1. The third-order valence-electron chi connectivity index (χ3n) is 14.0. The number of rotatable bonds is 17. The lowest BCUT2D eigenvalue weighted by molar-refractivity contribution is -0.146. The van der Waals surface area contributed by atoms with Gasteiger partial charge in [-0.05, 0) is 94.3 Å². The molecule has 6 aliphatic rings. The Kier molecular flexibility index (Phi) is 12.4. The molecular weight excluding hydrogens is 721 g/mol. The van der Waals surface area contributed by atoms with Crippen molar-refractivity contribution in [2.45, 2.75) is 192 Å². The number of nitrogens with zero attached hydrogens (tertiary/aromatic N) is 2. The van der Waals surface area contributed by atoms with Crippen LogP contribution >= 0.6 is 0 Å². The molecule has 55 heavy (non-hydrogen) atoms. The Morgan fingerprint density at radius 3 is 2.04 bits per heavy atom.